The highest BCUT2D eigenvalue weighted by Crippen LogP contribution is 2.40. The zero-order valence-electron chi connectivity index (χ0n) is 20.5. The Labute approximate surface area is 229 Å². The van der Waals surface area contributed by atoms with Crippen molar-refractivity contribution in [2.45, 2.75) is 25.2 Å². The lowest BCUT2D eigenvalue weighted by Gasteiger charge is -2.27. The van der Waals surface area contributed by atoms with Gasteiger partial charge in [0.15, 0.2) is 11.5 Å². The van der Waals surface area contributed by atoms with Crippen molar-refractivity contribution in [1.82, 2.24) is 9.80 Å². The number of amides is 2. The first kappa shape index (κ1) is 24.1. The van der Waals surface area contributed by atoms with Crippen molar-refractivity contribution < 1.29 is 9.59 Å². The van der Waals surface area contributed by atoms with Crippen LogP contribution in [0.5, 0.6) is 0 Å². The number of nitrogens with zero attached hydrogens (tertiary/aromatic N) is 3. The van der Waals surface area contributed by atoms with Gasteiger partial charge in [-0.05, 0) is 52.1 Å². The van der Waals surface area contributed by atoms with Gasteiger partial charge in [0.1, 0.15) is 0 Å². The van der Waals surface area contributed by atoms with Crippen LogP contribution in [0.3, 0.4) is 0 Å². The first-order valence-corrected chi connectivity index (χ1v) is 13.2. The van der Waals surface area contributed by atoms with Gasteiger partial charge >= 0.3 is 0 Å². The standard InChI is InChI=1S/C31H25BrN4O2/c32-27-15-13-26(14-16-27)31(25-11-2-1-3-12-25)29(38)36(30(33)34-31)18-21-7-6-10-22(17-21)28(37)35-19-23-8-4-5-9-24(23)20-35/h1-17H,18-20H2,(H2,33,34). The molecule has 188 valence electrons. The van der Waals surface area contributed by atoms with Crippen molar-refractivity contribution in [3.8, 4) is 0 Å². The Morgan fingerprint density at radius 3 is 2.16 bits per heavy atom. The number of fused-ring (bicyclic) bond motifs is 1. The molecule has 0 aromatic heterocycles. The fourth-order valence-corrected chi connectivity index (χ4v) is 5.55. The van der Waals surface area contributed by atoms with Crippen molar-refractivity contribution >= 4 is 33.7 Å². The van der Waals surface area contributed by atoms with Gasteiger partial charge in [-0.2, -0.15) is 0 Å². The number of hydrogen-bond acceptors (Lipinski definition) is 4. The first-order valence-electron chi connectivity index (χ1n) is 12.4. The molecule has 0 aliphatic carbocycles. The molecule has 6 nitrogen and oxygen atoms in total. The molecule has 7 heteroatoms. The maximum atomic E-state index is 14.1. The minimum atomic E-state index is -1.28. The lowest BCUT2D eigenvalue weighted by Crippen LogP contribution is -2.43. The number of guanidine groups is 1. The van der Waals surface area contributed by atoms with Crippen LogP contribution in [0.4, 0.5) is 0 Å². The van der Waals surface area contributed by atoms with Crippen LogP contribution in [0.2, 0.25) is 0 Å². The number of hydrogen-bond donors (Lipinski definition) is 1. The molecule has 0 spiro atoms. The third-order valence-corrected chi connectivity index (χ3v) is 7.74. The van der Waals surface area contributed by atoms with E-state index in [2.05, 4.69) is 28.1 Å². The minimum absolute atomic E-state index is 0.0362. The minimum Gasteiger partial charge on any atom is -0.369 e. The molecule has 0 saturated heterocycles. The first-order chi connectivity index (χ1) is 18.5. The zero-order valence-corrected chi connectivity index (χ0v) is 22.1. The second-order valence-electron chi connectivity index (χ2n) is 9.57. The highest BCUT2D eigenvalue weighted by Gasteiger charge is 2.50. The third-order valence-electron chi connectivity index (χ3n) is 7.21. The van der Waals surface area contributed by atoms with Crippen molar-refractivity contribution in [2.75, 3.05) is 0 Å². The normalized spacial score (nSPS) is 18.4. The monoisotopic (exact) mass is 564 g/mol. The van der Waals surface area contributed by atoms with Crippen LogP contribution in [0.25, 0.3) is 0 Å². The molecule has 2 amide bonds. The Morgan fingerprint density at radius 1 is 0.842 bits per heavy atom. The molecule has 2 N–H and O–H groups in total. The van der Waals surface area contributed by atoms with E-state index in [1.165, 1.54) is 16.0 Å². The quantitative estimate of drug-likeness (QED) is 0.361. The lowest BCUT2D eigenvalue weighted by molar-refractivity contribution is -0.130. The summed E-state index contributed by atoms with van der Waals surface area (Å²) >= 11 is 3.48. The summed E-state index contributed by atoms with van der Waals surface area (Å²) in [4.78, 5) is 35.6. The van der Waals surface area contributed by atoms with Gasteiger partial charge in [0, 0.05) is 23.1 Å². The van der Waals surface area contributed by atoms with Gasteiger partial charge in [-0.25, -0.2) is 4.99 Å². The SMILES string of the molecule is NC1=NC(c2ccccc2)(c2ccc(Br)cc2)C(=O)N1Cc1cccc(C(=O)N2Cc3ccccc3C2)c1. The number of carbonyl (C=O) groups is 2. The number of benzene rings is 4. The molecule has 1 unspecified atom stereocenters. The van der Waals surface area contributed by atoms with E-state index < -0.39 is 5.54 Å². The van der Waals surface area contributed by atoms with Gasteiger partial charge in [-0.3, -0.25) is 14.5 Å². The molecular weight excluding hydrogens is 540 g/mol. The molecule has 2 heterocycles. The Bertz CT molecular complexity index is 1540. The second-order valence-corrected chi connectivity index (χ2v) is 10.5. The van der Waals surface area contributed by atoms with Gasteiger partial charge in [0.05, 0.1) is 6.54 Å². The summed E-state index contributed by atoms with van der Waals surface area (Å²) in [5.74, 6) is -0.116. The van der Waals surface area contributed by atoms with Gasteiger partial charge in [-0.15, -0.1) is 0 Å². The Balaban J connectivity index is 1.29. The largest absolute Gasteiger partial charge is 0.369 e. The number of rotatable bonds is 5. The van der Waals surface area contributed by atoms with Crippen LogP contribution in [-0.4, -0.2) is 27.6 Å². The van der Waals surface area contributed by atoms with E-state index in [0.717, 1.165) is 21.2 Å². The van der Waals surface area contributed by atoms with Crippen molar-refractivity contribution in [3.63, 3.8) is 0 Å². The number of aliphatic imine (C=N–C) groups is 1. The number of carbonyl (C=O) groups excluding carboxylic acids is 2. The molecular formula is C31H25BrN4O2. The highest BCUT2D eigenvalue weighted by molar-refractivity contribution is 9.10. The molecule has 4 aromatic carbocycles. The number of nitrogens with two attached hydrogens (primary N) is 1. The van der Waals surface area contributed by atoms with Crippen molar-refractivity contribution in [2.24, 2.45) is 10.7 Å². The molecule has 0 radical (unpaired) electrons. The van der Waals surface area contributed by atoms with Crippen LogP contribution in [0.15, 0.2) is 113 Å². The van der Waals surface area contributed by atoms with E-state index in [4.69, 9.17) is 10.7 Å². The van der Waals surface area contributed by atoms with Crippen molar-refractivity contribution in [1.29, 1.82) is 0 Å². The summed E-state index contributed by atoms with van der Waals surface area (Å²) in [6.07, 6.45) is 0. The maximum Gasteiger partial charge on any atom is 0.266 e. The molecule has 2 aliphatic rings. The summed E-state index contributed by atoms with van der Waals surface area (Å²) in [6, 6.07) is 32.6. The molecule has 4 aromatic rings. The summed E-state index contributed by atoms with van der Waals surface area (Å²) in [7, 11) is 0. The molecule has 1 atom stereocenters. The van der Waals surface area contributed by atoms with Crippen LogP contribution in [-0.2, 0) is 30.0 Å². The van der Waals surface area contributed by atoms with E-state index in [9.17, 15) is 9.59 Å². The van der Waals surface area contributed by atoms with E-state index in [0.29, 0.717) is 18.7 Å². The molecule has 0 fully saturated rings. The van der Waals surface area contributed by atoms with Crippen LogP contribution in [0, 0.1) is 0 Å². The lowest BCUT2D eigenvalue weighted by atomic mass is 9.83. The fourth-order valence-electron chi connectivity index (χ4n) is 5.29. The van der Waals surface area contributed by atoms with E-state index in [1.54, 1.807) is 0 Å². The third kappa shape index (κ3) is 4.09. The second kappa shape index (κ2) is 9.58. The van der Waals surface area contributed by atoms with Gasteiger partial charge in [0.25, 0.3) is 11.8 Å². The van der Waals surface area contributed by atoms with Gasteiger partial charge in [-0.1, -0.05) is 94.8 Å². The fraction of sp³-hybridized carbons (Fsp3) is 0.129. The summed E-state index contributed by atoms with van der Waals surface area (Å²) in [6.45, 7) is 1.40. The summed E-state index contributed by atoms with van der Waals surface area (Å²) < 4.78 is 0.909. The molecule has 0 saturated carbocycles. The van der Waals surface area contributed by atoms with Crippen LogP contribution >= 0.6 is 15.9 Å². The van der Waals surface area contributed by atoms with E-state index in [-0.39, 0.29) is 24.3 Å². The van der Waals surface area contributed by atoms with E-state index in [1.807, 2.05) is 95.9 Å². The molecule has 6 rings (SSSR count). The predicted octanol–water partition coefficient (Wildman–Crippen LogP) is 5.21. The molecule has 0 bridgehead atoms. The average molecular weight is 565 g/mol. The molecule has 38 heavy (non-hydrogen) atoms. The number of halogens is 1. The average Bonchev–Trinajstić information content (AvgIpc) is 3.49. The topological polar surface area (TPSA) is 79.0 Å². The van der Waals surface area contributed by atoms with Crippen LogP contribution in [0.1, 0.15) is 38.2 Å². The Morgan fingerprint density at radius 2 is 1.47 bits per heavy atom. The molecule has 2 aliphatic heterocycles. The predicted molar refractivity (Wildman–Crippen MR) is 150 cm³/mol. The van der Waals surface area contributed by atoms with Gasteiger partial charge < -0.3 is 10.6 Å². The van der Waals surface area contributed by atoms with Crippen LogP contribution < -0.4 is 5.73 Å². The summed E-state index contributed by atoms with van der Waals surface area (Å²) in [5.41, 5.74) is 10.4. The van der Waals surface area contributed by atoms with Crippen molar-refractivity contribution in [3.05, 3.63) is 141 Å². The smallest absolute Gasteiger partial charge is 0.266 e. The highest BCUT2D eigenvalue weighted by atomic mass is 79.9. The van der Waals surface area contributed by atoms with Gasteiger partial charge in [0.2, 0.25) is 0 Å². The van der Waals surface area contributed by atoms with E-state index >= 15 is 0 Å². The zero-order chi connectivity index (χ0) is 26.3. The maximum absolute atomic E-state index is 14.1. The Kier molecular flexibility index (Phi) is 6.08. The summed E-state index contributed by atoms with van der Waals surface area (Å²) in [5, 5.41) is 0. The Hall–Kier alpha value is -4.23.